The molecule has 1 heterocycles. The summed E-state index contributed by atoms with van der Waals surface area (Å²) in [7, 11) is 0. The van der Waals surface area contributed by atoms with E-state index in [4.69, 9.17) is 10.8 Å². The number of hydrogen-bond donors (Lipinski definition) is 3. The molecule has 0 atom stereocenters. The number of hydrogen-bond acceptors (Lipinski definition) is 2. The largest absolute Gasteiger partial charge is 0.478 e. The van der Waals surface area contributed by atoms with Crippen LogP contribution < -0.4 is 5.73 Å². The van der Waals surface area contributed by atoms with Gasteiger partial charge in [-0.25, -0.2) is 4.79 Å². The molecule has 16 heavy (non-hydrogen) atoms. The Morgan fingerprint density at radius 2 is 2.25 bits per heavy atom. The summed E-state index contributed by atoms with van der Waals surface area (Å²) in [6.45, 7) is 2.36. The maximum absolute atomic E-state index is 11.0. The smallest absolute Gasteiger partial charge is 0.335 e. The van der Waals surface area contributed by atoms with E-state index >= 15 is 0 Å². The molecule has 0 aliphatic carbocycles. The van der Waals surface area contributed by atoms with Gasteiger partial charge in [0.05, 0.1) is 5.56 Å². The van der Waals surface area contributed by atoms with Gasteiger partial charge < -0.3 is 15.8 Å². The number of aromatic amines is 1. The summed E-state index contributed by atoms with van der Waals surface area (Å²) in [4.78, 5) is 14.2. The van der Waals surface area contributed by atoms with Crippen molar-refractivity contribution in [2.75, 3.05) is 6.54 Å². The van der Waals surface area contributed by atoms with E-state index in [-0.39, 0.29) is 0 Å². The highest BCUT2D eigenvalue weighted by molar-refractivity contribution is 5.96. The Morgan fingerprint density at radius 3 is 2.88 bits per heavy atom. The summed E-state index contributed by atoms with van der Waals surface area (Å²) in [5, 5.41) is 10.0. The van der Waals surface area contributed by atoms with E-state index in [0.29, 0.717) is 12.1 Å². The fourth-order valence-corrected chi connectivity index (χ4v) is 1.93. The Labute approximate surface area is 93.1 Å². The molecule has 4 nitrogen and oxygen atoms in total. The van der Waals surface area contributed by atoms with Crippen molar-refractivity contribution in [1.82, 2.24) is 4.98 Å². The monoisotopic (exact) mass is 218 g/mol. The topological polar surface area (TPSA) is 79.1 Å². The first-order valence-electron chi connectivity index (χ1n) is 5.17. The third-order valence-corrected chi connectivity index (χ3v) is 2.76. The molecule has 2 aromatic rings. The van der Waals surface area contributed by atoms with Crippen molar-refractivity contribution in [3.63, 3.8) is 0 Å². The highest BCUT2D eigenvalue weighted by atomic mass is 16.4. The van der Waals surface area contributed by atoms with E-state index < -0.39 is 5.97 Å². The van der Waals surface area contributed by atoms with Gasteiger partial charge in [0.2, 0.25) is 0 Å². The lowest BCUT2D eigenvalue weighted by atomic mass is 10.0. The van der Waals surface area contributed by atoms with E-state index in [2.05, 4.69) is 4.98 Å². The molecule has 1 aromatic carbocycles. The summed E-state index contributed by atoms with van der Waals surface area (Å²) >= 11 is 0. The molecule has 84 valence electrons. The number of aromatic carboxylic acids is 1. The second-order valence-electron chi connectivity index (χ2n) is 3.87. The highest BCUT2D eigenvalue weighted by Crippen LogP contribution is 2.23. The Bertz CT molecular complexity index is 543. The Balaban J connectivity index is 2.64. The second kappa shape index (κ2) is 3.98. The van der Waals surface area contributed by atoms with Crippen LogP contribution in [0.2, 0.25) is 0 Å². The Morgan fingerprint density at radius 1 is 1.50 bits per heavy atom. The lowest BCUT2D eigenvalue weighted by molar-refractivity contribution is 0.0696. The molecule has 0 bridgehead atoms. The van der Waals surface area contributed by atoms with Crippen LogP contribution in [0.15, 0.2) is 18.3 Å². The van der Waals surface area contributed by atoms with Crippen LogP contribution in [-0.2, 0) is 6.42 Å². The molecule has 0 unspecified atom stereocenters. The third kappa shape index (κ3) is 1.67. The van der Waals surface area contributed by atoms with Crippen molar-refractivity contribution in [2.45, 2.75) is 13.3 Å². The van der Waals surface area contributed by atoms with Crippen LogP contribution in [-0.4, -0.2) is 22.6 Å². The minimum Gasteiger partial charge on any atom is -0.478 e. The first-order valence-corrected chi connectivity index (χ1v) is 5.17. The van der Waals surface area contributed by atoms with Crippen LogP contribution >= 0.6 is 0 Å². The molecular formula is C12H14N2O2. The number of carboxylic acids is 1. The molecule has 4 heteroatoms. The summed E-state index contributed by atoms with van der Waals surface area (Å²) in [6.07, 6.45) is 2.64. The first kappa shape index (κ1) is 10.7. The fraction of sp³-hybridized carbons (Fsp3) is 0.250. The normalized spacial score (nSPS) is 10.9. The number of carboxylic acid groups (broad SMARTS) is 1. The van der Waals surface area contributed by atoms with Crippen LogP contribution in [0.25, 0.3) is 10.9 Å². The lowest BCUT2D eigenvalue weighted by Gasteiger charge is -2.02. The molecule has 1 aromatic heterocycles. The molecule has 4 N–H and O–H groups in total. The Hall–Kier alpha value is -1.81. The van der Waals surface area contributed by atoms with E-state index in [1.165, 1.54) is 0 Å². The number of carbonyl (C=O) groups is 1. The van der Waals surface area contributed by atoms with Crippen LogP contribution in [0.3, 0.4) is 0 Å². The van der Waals surface area contributed by atoms with Gasteiger partial charge in [-0.2, -0.15) is 0 Å². The van der Waals surface area contributed by atoms with E-state index in [9.17, 15) is 4.79 Å². The van der Waals surface area contributed by atoms with E-state index in [1.807, 2.05) is 12.3 Å². The quantitative estimate of drug-likeness (QED) is 0.733. The SMILES string of the molecule is Cc1cc2[nH]cc(CCN)c2cc1C(=O)O. The van der Waals surface area contributed by atoms with Crippen LogP contribution in [0.4, 0.5) is 0 Å². The van der Waals surface area contributed by atoms with Gasteiger partial charge in [-0.3, -0.25) is 0 Å². The number of rotatable bonds is 3. The molecule has 0 aliphatic heterocycles. The van der Waals surface area contributed by atoms with Gasteiger partial charge in [0.25, 0.3) is 0 Å². The maximum atomic E-state index is 11.0. The van der Waals surface area contributed by atoms with E-state index in [1.54, 1.807) is 13.0 Å². The highest BCUT2D eigenvalue weighted by Gasteiger charge is 2.11. The lowest BCUT2D eigenvalue weighted by Crippen LogP contribution is -2.03. The van der Waals surface area contributed by atoms with Crippen molar-refractivity contribution in [3.05, 3.63) is 35.0 Å². The van der Waals surface area contributed by atoms with Gasteiger partial charge in [0.1, 0.15) is 0 Å². The molecule has 0 radical (unpaired) electrons. The maximum Gasteiger partial charge on any atom is 0.335 e. The summed E-state index contributed by atoms with van der Waals surface area (Å²) in [6, 6.07) is 3.58. The Kier molecular flexibility index (Phi) is 2.66. The van der Waals surface area contributed by atoms with Gasteiger partial charge in [-0.15, -0.1) is 0 Å². The predicted octanol–water partition coefficient (Wildman–Crippen LogP) is 1.68. The van der Waals surface area contributed by atoms with Gasteiger partial charge >= 0.3 is 5.97 Å². The summed E-state index contributed by atoms with van der Waals surface area (Å²) in [5.74, 6) is -0.890. The minimum atomic E-state index is -0.890. The average Bonchev–Trinajstić information content (AvgIpc) is 2.60. The van der Waals surface area contributed by atoms with E-state index in [0.717, 1.165) is 28.5 Å². The number of nitrogens with one attached hydrogen (secondary N) is 1. The molecule has 0 spiro atoms. The number of aryl methyl sites for hydroxylation is 1. The van der Waals surface area contributed by atoms with Gasteiger partial charge in [0, 0.05) is 17.1 Å². The molecule has 0 fully saturated rings. The molecular weight excluding hydrogens is 204 g/mol. The molecule has 0 saturated carbocycles. The number of aromatic nitrogens is 1. The zero-order valence-electron chi connectivity index (χ0n) is 9.08. The molecule has 2 rings (SSSR count). The van der Waals surface area contributed by atoms with Crippen molar-refractivity contribution in [2.24, 2.45) is 5.73 Å². The van der Waals surface area contributed by atoms with Crippen LogP contribution in [0, 0.1) is 6.92 Å². The predicted molar refractivity (Wildman–Crippen MR) is 62.8 cm³/mol. The van der Waals surface area contributed by atoms with Crippen molar-refractivity contribution in [3.8, 4) is 0 Å². The number of nitrogens with two attached hydrogens (primary N) is 1. The number of H-pyrrole nitrogens is 1. The van der Waals surface area contributed by atoms with Gasteiger partial charge in [-0.1, -0.05) is 0 Å². The van der Waals surface area contributed by atoms with Crippen LogP contribution in [0.1, 0.15) is 21.5 Å². The fourth-order valence-electron chi connectivity index (χ4n) is 1.93. The van der Waals surface area contributed by atoms with Crippen molar-refractivity contribution >= 4 is 16.9 Å². The third-order valence-electron chi connectivity index (χ3n) is 2.76. The van der Waals surface area contributed by atoms with Crippen LogP contribution in [0.5, 0.6) is 0 Å². The first-order chi connectivity index (χ1) is 7.63. The number of fused-ring (bicyclic) bond motifs is 1. The number of benzene rings is 1. The van der Waals surface area contributed by atoms with Crippen molar-refractivity contribution < 1.29 is 9.90 Å². The minimum absolute atomic E-state index is 0.352. The summed E-state index contributed by atoms with van der Waals surface area (Å²) < 4.78 is 0. The molecule has 0 saturated heterocycles. The second-order valence-corrected chi connectivity index (χ2v) is 3.87. The zero-order chi connectivity index (χ0) is 11.7. The van der Waals surface area contributed by atoms with Crippen molar-refractivity contribution in [1.29, 1.82) is 0 Å². The average molecular weight is 218 g/mol. The van der Waals surface area contributed by atoms with Gasteiger partial charge in [0.15, 0.2) is 0 Å². The molecule has 0 amide bonds. The standard InChI is InChI=1S/C12H14N2O2/c1-7-4-11-10(5-9(7)12(15)16)8(2-3-13)6-14-11/h4-6,14H,2-3,13H2,1H3,(H,15,16). The summed E-state index contributed by atoms with van der Waals surface area (Å²) in [5.41, 5.74) is 8.66. The van der Waals surface area contributed by atoms with Gasteiger partial charge in [-0.05, 0) is 43.1 Å². The zero-order valence-corrected chi connectivity index (χ0v) is 9.08. The molecule has 0 aliphatic rings.